The Morgan fingerprint density at radius 1 is 1.48 bits per heavy atom. The Morgan fingerprint density at radius 3 is 3.24 bits per heavy atom. The van der Waals surface area contributed by atoms with E-state index >= 15 is 0 Å². The van der Waals surface area contributed by atoms with Crippen LogP contribution in [0.25, 0.3) is 0 Å². The van der Waals surface area contributed by atoms with Crippen molar-refractivity contribution in [2.75, 3.05) is 26.2 Å². The molecule has 2 unspecified atom stereocenters. The fourth-order valence-electron chi connectivity index (χ4n) is 3.22. The molecule has 2 fully saturated rings. The fraction of sp³-hybridized carbons (Fsp3) is 0.562. The molecule has 0 radical (unpaired) electrons. The number of amides is 1. The van der Waals surface area contributed by atoms with Crippen molar-refractivity contribution < 1.29 is 9.53 Å². The average molecular weight is 289 g/mol. The van der Waals surface area contributed by atoms with Crippen LogP contribution in [0, 0.1) is 0 Å². The molecule has 0 saturated carbocycles. The van der Waals surface area contributed by atoms with Gasteiger partial charge >= 0.3 is 0 Å². The third kappa shape index (κ3) is 3.61. The highest BCUT2D eigenvalue weighted by molar-refractivity contribution is 5.92. The van der Waals surface area contributed by atoms with Crippen molar-refractivity contribution in [1.29, 1.82) is 0 Å². The zero-order valence-corrected chi connectivity index (χ0v) is 12.3. The minimum absolute atomic E-state index is 0.263. The van der Waals surface area contributed by atoms with E-state index in [4.69, 9.17) is 10.5 Å². The average Bonchev–Trinajstić information content (AvgIpc) is 2.95. The lowest BCUT2D eigenvalue weighted by Gasteiger charge is -2.35. The monoisotopic (exact) mass is 289 g/mol. The second-order valence-corrected chi connectivity index (χ2v) is 5.94. The Hall–Kier alpha value is -1.43. The van der Waals surface area contributed by atoms with Gasteiger partial charge in [0.25, 0.3) is 0 Å². The summed E-state index contributed by atoms with van der Waals surface area (Å²) in [5.41, 5.74) is 6.92. The van der Waals surface area contributed by atoms with E-state index < -0.39 is 0 Å². The van der Waals surface area contributed by atoms with E-state index in [0.717, 1.165) is 31.8 Å². The van der Waals surface area contributed by atoms with Gasteiger partial charge in [0.05, 0.1) is 12.7 Å². The zero-order chi connectivity index (χ0) is 14.7. The van der Waals surface area contributed by atoms with Crippen LogP contribution in [0.15, 0.2) is 24.3 Å². The van der Waals surface area contributed by atoms with Gasteiger partial charge in [-0.15, -0.1) is 0 Å². The Bertz CT molecular complexity index is 506. The molecule has 2 aliphatic heterocycles. The number of primary amides is 1. The van der Waals surface area contributed by atoms with Gasteiger partial charge in [-0.25, -0.2) is 0 Å². The van der Waals surface area contributed by atoms with E-state index in [1.807, 2.05) is 18.2 Å². The largest absolute Gasteiger partial charge is 0.374 e. The lowest BCUT2D eigenvalue weighted by atomic mass is 10.1. The summed E-state index contributed by atoms with van der Waals surface area (Å²) in [6, 6.07) is 8.09. The number of hydrogen-bond acceptors (Lipinski definition) is 4. The molecule has 2 heterocycles. The van der Waals surface area contributed by atoms with Crippen LogP contribution in [-0.4, -0.2) is 49.2 Å². The number of carbonyl (C=O) groups is 1. The van der Waals surface area contributed by atoms with Crippen LogP contribution in [0.5, 0.6) is 0 Å². The second kappa shape index (κ2) is 6.56. The lowest BCUT2D eigenvalue weighted by molar-refractivity contribution is -0.0470. The summed E-state index contributed by atoms with van der Waals surface area (Å²) in [5.74, 6) is -0.382. The lowest BCUT2D eigenvalue weighted by Crippen LogP contribution is -2.49. The Morgan fingerprint density at radius 2 is 2.38 bits per heavy atom. The summed E-state index contributed by atoms with van der Waals surface area (Å²) in [7, 11) is 0. The van der Waals surface area contributed by atoms with Gasteiger partial charge in [-0.05, 0) is 37.1 Å². The molecule has 2 atom stereocenters. The molecule has 1 amide bonds. The molecular weight excluding hydrogens is 266 g/mol. The number of nitrogens with one attached hydrogen (secondary N) is 1. The molecule has 5 nitrogen and oxygen atoms in total. The minimum Gasteiger partial charge on any atom is -0.374 e. The first-order valence-electron chi connectivity index (χ1n) is 7.67. The van der Waals surface area contributed by atoms with Crippen LogP contribution in [0.3, 0.4) is 0 Å². The van der Waals surface area contributed by atoms with Crippen molar-refractivity contribution in [2.45, 2.75) is 31.5 Å². The third-order valence-electron chi connectivity index (χ3n) is 4.37. The number of ether oxygens (including phenoxy) is 1. The smallest absolute Gasteiger partial charge is 0.248 e. The highest BCUT2D eigenvalue weighted by Crippen LogP contribution is 2.22. The minimum atomic E-state index is -0.382. The first-order chi connectivity index (χ1) is 10.2. The Labute approximate surface area is 125 Å². The maximum absolute atomic E-state index is 11.2. The SMILES string of the molecule is NC(=O)c1cccc(CNCC2CN3CCCC3CO2)c1. The summed E-state index contributed by atoms with van der Waals surface area (Å²) in [4.78, 5) is 13.7. The van der Waals surface area contributed by atoms with Crippen molar-refractivity contribution in [2.24, 2.45) is 5.73 Å². The molecule has 3 N–H and O–H groups in total. The van der Waals surface area contributed by atoms with Gasteiger partial charge in [-0.2, -0.15) is 0 Å². The van der Waals surface area contributed by atoms with Gasteiger partial charge in [0, 0.05) is 31.2 Å². The molecule has 1 aromatic rings. The van der Waals surface area contributed by atoms with Crippen LogP contribution in [0.1, 0.15) is 28.8 Å². The number of rotatable bonds is 5. The molecule has 3 rings (SSSR count). The molecule has 2 saturated heterocycles. The first-order valence-corrected chi connectivity index (χ1v) is 7.67. The quantitative estimate of drug-likeness (QED) is 0.839. The van der Waals surface area contributed by atoms with E-state index in [0.29, 0.717) is 11.6 Å². The molecule has 0 bridgehead atoms. The van der Waals surface area contributed by atoms with E-state index in [1.165, 1.54) is 19.4 Å². The number of carbonyl (C=O) groups excluding carboxylic acids is 1. The van der Waals surface area contributed by atoms with E-state index in [1.54, 1.807) is 6.07 Å². The Balaban J connectivity index is 1.45. The summed E-state index contributed by atoms with van der Waals surface area (Å²) >= 11 is 0. The van der Waals surface area contributed by atoms with Crippen LogP contribution >= 0.6 is 0 Å². The maximum atomic E-state index is 11.2. The molecule has 0 spiro atoms. The summed E-state index contributed by atoms with van der Waals surface area (Å²) in [5, 5.41) is 3.41. The van der Waals surface area contributed by atoms with E-state index in [-0.39, 0.29) is 12.0 Å². The predicted molar refractivity (Wildman–Crippen MR) is 81.0 cm³/mol. The number of nitrogens with zero attached hydrogens (tertiary/aromatic N) is 1. The maximum Gasteiger partial charge on any atom is 0.248 e. The first kappa shape index (κ1) is 14.5. The number of fused-ring (bicyclic) bond motifs is 1. The van der Waals surface area contributed by atoms with Crippen molar-refractivity contribution in [3.8, 4) is 0 Å². The topological polar surface area (TPSA) is 67.6 Å². The van der Waals surface area contributed by atoms with E-state index in [2.05, 4.69) is 10.2 Å². The van der Waals surface area contributed by atoms with Crippen LogP contribution in [-0.2, 0) is 11.3 Å². The molecule has 114 valence electrons. The molecule has 2 aliphatic rings. The molecule has 0 aliphatic carbocycles. The molecular formula is C16H23N3O2. The second-order valence-electron chi connectivity index (χ2n) is 5.94. The van der Waals surface area contributed by atoms with Crippen molar-refractivity contribution >= 4 is 5.91 Å². The number of hydrogen-bond donors (Lipinski definition) is 2. The van der Waals surface area contributed by atoms with Gasteiger partial charge in [0.1, 0.15) is 0 Å². The van der Waals surface area contributed by atoms with Gasteiger partial charge in [0.2, 0.25) is 5.91 Å². The standard InChI is InChI=1S/C16H23N3O2/c17-16(20)13-4-1-3-12(7-13)8-18-9-15-10-19-6-2-5-14(19)11-21-15/h1,3-4,7,14-15,18H,2,5-6,8-11H2,(H2,17,20). The third-order valence-corrected chi connectivity index (χ3v) is 4.37. The molecule has 5 heteroatoms. The highest BCUT2D eigenvalue weighted by Gasteiger charge is 2.31. The van der Waals surface area contributed by atoms with E-state index in [9.17, 15) is 4.79 Å². The normalized spacial score (nSPS) is 25.7. The van der Waals surface area contributed by atoms with Crippen molar-refractivity contribution in [3.63, 3.8) is 0 Å². The summed E-state index contributed by atoms with van der Waals surface area (Å²) in [6.07, 6.45) is 2.84. The summed E-state index contributed by atoms with van der Waals surface area (Å²) in [6.45, 7) is 4.67. The molecule has 1 aromatic carbocycles. The van der Waals surface area contributed by atoms with Gasteiger partial charge in [-0.3, -0.25) is 9.69 Å². The highest BCUT2D eigenvalue weighted by atomic mass is 16.5. The number of nitrogens with two attached hydrogens (primary N) is 1. The number of morpholine rings is 1. The predicted octanol–water partition coefficient (Wildman–Crippen LogP) is 0.738. The summed E-state index contributed by atoms with van der Waals surface area (Å²) < 4.78 is 5.91. The molecule has 0 aromatic heterocycles. The van der Waals surface area contributed by atoms with Crippen LogP contribution in [0.4, 0.5) is 0 Å². The number of benzene rings is 1. The van der Waals surface area contributed by atoms with Gasteiger partial charge in [0.15, 0.2) is 0 Å². The zero-order valence-electron chi connectivity index (χ0n) is 12.3. The van der Waals surface area contributed by atoms with Gasteiger partial charge in [-0.1, -0.05) is 12.1 Å². The van der Waals surface area contributed by atoms with Crippen molar-refractivity contribution in [1.82, 2.24) is 10.2 Å². The van der Waals surface area contributed by atoms with Crippen LogP contribution in [0.2, 0.25) is 0 Å². The molecule has 21 heavy (non-hydrogen) atoms. The Kier molecular flexibility index (Phi) is 4.53. The fourth-order valence-corrected chi connectivity index (χ4v) is 3.22. The van der Waals surface area contributed by atoms with Crippen LogP contribution < -0.4 is 11.1 Å². The van der Waals surface area contributed by atoms with Gasteiger partial charge < -0.3 is 15.8 Å². The van der Waals surface area contributed by atoms with Crippen molar-refractivity contribution in [3.05, 3.63) is 35.4 Å².